The third kappa shape index (κ3) is 3.39. The van der Waals surface area contributed by atoms with Gasteiger partial charge in [0, 0.05) is 5.88 Å². The second kappa shape index (κ2) is 6.44. The third-order valence-corrected chi connectivity index (χ3v) is 5.50. The number of alkyl halides is 3. The van der Waals surface area contributed by atoms with Crippen molar-refractivity contribution in [2.24, 2.45) is 0 Å². The molecule has 0 nitrogen and oxygen atoms in total. The molecule has 0 aliphatic carbocycles. The van der Waals surface area contributed by atoms with Gasteiger partial charge in [-0.2, -0.15) is 10.9 Å². The first-order valence-corrected chi connectivity index (χ1v) is 6.18. The number of thiol groups is 1. The molecule has 0 N–H and O–H groups in total. The SMILES string of the molecule is Cl.ClCC(Cl)C(Cl)[SH]1C=CC=C1. The van der Waals surface area contributed by atoms with Crippen molar-refractivity contribution in [3.8, 4) is 0 Å². The molecular formula is C7H10Cl4S. The highest BCUT2D eigenvalue weighted by molar-refractivity contribution is 8.23. The van der Waals surface area contributed by atoms with E-state index in [2.05, 4.69) is 10.8 Å². The molecule has 1 rings (SSSR count). The first-order chi connectivity index (χ1) is 5.25. The van der Waals surface area contributed by atoms with Crippen LogP contribution >= 0.6 is 58.1 Å². The lowest BCUT2D eigenvalue weighted by Crippen LogP contribution is -2.14. The van der Waals surface area contributed by atoms with Gasteiger partial charge in [0.1, 0.15) is 0 Å². The summed E-state index contributed by atoms with van der Waals surface area (Å²) in [5.41, 5.74) is 0. The summed E-state index contributed by atoms with van der Waals surface area (Å²) in [6, 6.07) is 0. The maximum absolute atomic E-state index is 6.05. The van der Waals surface area contributed by atoms with E-state index < -0.39 is 0 Å². The van der Waals surface area contributed by atoms with Crippen LogP contribution in [0.1, 0.15) is 0 Å². The Morgan fingerprint density at radius 1 is 1.17 bits per heavy atom. The van der Waals surface area contributed by atoms with Crippen molar-refractivity contribution in [1.29, 1.82) is 0 Å². The lowest BCUT2D eigenvalue weighted by atomic mass is 10.5. The maximum atomic E-state index is 6.05. The van der Waals surface area contributed by atoms with Crippen molar-refractivity contribution < 1.29 is 0 Å². The smallest absolute Gasteiger partial charge is 0.0853 e. The van der Waals surface area contributed by atoms with Gasteiger partial charge in [0.2, 0.25) is 0 Å². The lowest BCUT2D eigenvalue weighted by molar-refractivity contribution is 1.07. The van der Waals surface area contributed by atoms with Crippen molar-refractivity contribution in [3.63, 3.8) is 0 Å². The molecule has 0 spiro atoms. The summed E-state index contributed by atoms with van der Waals surface area (Å²) in [5.74, 6) is 0.413. The van der Waals surface area contributed by atoms with Crippen LogP contribution in [0.2, 0.25) is 0 Å². The van der Waals surface area contributed by atoms with Crippen LogP contribution < -0.4 is 0 Å². The highest BCUT2D eigenvalue weighted by atomic mass is 35.5. The predicted molar refractivity (Wildman–Crippen MR) is 64.5 cm³/mol. The zero-order valence-corrected chi connectivity index (χ0v) is 10.1. The van der Waals surface area contributed by atoms with Crippen LogP contribution in [-0.4, -0.2) is 16.0 Å². The molecule has 0 radical (unpaired) electrons. The maximum Gasteiger partial charge on any atom is 0.0853 e. The van der Waals surface area contributed by atoms with Gasteiger partial charge in [-0.1, -0.05) is 12.2 Å². The van der Waals surface area contributed by atoms with E-state index in [0.717, 1.165) is 0 Å². The largest absolute Gasteiger partial charge is 0.195 e. The summed E-state index contributed by atoms with van der Waals surface area (Å²) >= 11 is 17.5. The standard InChI is InChI=1S/C7H9Cl3S.ClH/c8-5-6(9)7(10)11-3-1-2-4-11;/h1-4,6-7,11H,5H2;1H. The van der Waals surface area contributed by atoms with Crippen LogP contribution in [0.5, 0.6) is 0 Å². The van der Waals surface area contributed by atoms with Gasteiger partial charge < -0.3 is 0 Å². The molecule has 0 aromatic rings. The zero-order chi connectivity index (χ0) is 8.27. The average Bonchev–Trinajstić information content (AvgIpc) is 2.53. The molecule has 72 valence electrons. The minimum atomic E-state index is -0.364. The van der Waals surface area contributed by atoms with Crippen molar-refractivity contribution in [2.45, 2.75) is 10.1 Å². The second-order valence-electron chi connectivity index (χ2n) is 2.17. The quantitative estimate of drug-likeness (QED) is 0.583. The van der Waals surface area contributed by atoms with E-state index in [1.807, 2.05) is 12.2 Å². The summed E-state index contributed by atoms with van der Waals surface area (Å²) in [7, 11) is -0.364. The van der Waals surface area contributed by atoms with Gasteiger partial charge in [-0.3, -0.25) is 0 Å². The number of halogens is 4. The molecule has 1 heterocycles. The van der Waals surface area contributed by atoms with E-state index in [9.17, 15) is 0 Å². The number of hydrogen-bond donors (Lipinski definition) is 1. The van der Waals surface area contributed by atoms with Crippen molar-refractivity contribution in [3.05, 3.63) is 23.0 Å². The molecule has 1 aliphatic heterocycles. The summed E-state index contributed by atoms with van der Waals surface area (Å²) in [6.07, 6.45) is 4.00. The summed E-state index contributed by atoms with van der Waals surface area (Å²) < 4.78 is -0.0285. The molecule has 0 aromatic heterocycles. The molecule has 2 unspecified atom stereocenters. The van der Waals surface area contributed by atoms with Gasteiger partial charge in [0.25, 0.3) is 0 Å². The van der Waals surface area contributed by atoms with Crippen molar-refractivity contribution in [1.82, 2.24) is 0 Å². The molecule has 1 aliphatic rings. The summed E-state index contributed by atoms with van der Waals surface area (Å²) in [5, 5.41) is 4.06. The number of rotatable bonds is 3. The molecule has 0 saturated heterocycles. The molecule has 5 heteroatoms. The van der Waals surface area contributed by atoms with E-state index in [1.165, 1.54) is 0 Å². The van der Waals surface area contributed by atoms with Crippen LogP contribution in [-0.2, 0) is 0 Å². The molecule has 12 heavy (non-hydrogen) atoms. The second-order valence-corrected chi connectivity index (χ2v) is 5.86. The van der Waals surface area contributed by atoms with Crippen molar-refractivity contribution >= 4 is 58.1 Å². The van der Waals surface area contributed by atoms with Crippen LogP contribution in [0.25, 0.3) is 0 Å². The number of hydrogen-bond acceptors (Lipinski definition) is 0. The molecule has 0 amide bonds. The third-order valence-electron chi connectivity index (χ3n) is 1.36. The van der Waals surface area contributed by atoms with Crippen LogP contribution in [0.4, 0.5) is 0 Å². The van der Waals surface area contributed by atoms with E-state index >= 15 is 0 Å². The lowest BCUT2D eigenvalue weighted by Gasteiger charge is -2.20. The summed E-state index contributed by atoms with van der Waals surface area (Å²) in [6.45, 7) is 0. The van der Waals surface area contributed by atoms with Gasteiger partial charge in [0.15, 0.2) is 0 Å². The predicted octanol–water partition coefficient (Wildman–Crippen LogP) is 3.86. The van der Waals surface area contributed by atoms with E-state index in [4.69, 9.17) is 34.8 Å². The van der Waals surface area contributed by atoms with Gasteiger partial charge in [-0.05, 0) is 10.8 Å². The zero-order valence-electron chi connectivity index (χ0n) is 6.16. The van der Waals surface area contributed by atoms with E-state index in [-0.39, 0.29) is 33.4 Å². The molecule has 0 bridgehead atoms. The van der Waals surface area contributed by atoms with Gasteiger partial charge in [0.05, 0.1) is 10.1 Å². The van der Waals surface area contributed by atoms with Crippen molar-refractivity contribution in [2.75, 3.05) is 5.88 Å². The topological polar surface area (TPSA) is 0 Å². The molecule has 0 aromatic carbocycles. The Bertz CT molecular complexity index is 168. The minimum Gasteiger partial charge on any atom is -0.195 e. The van der Waals surface area contributed by atoms with Crippen LogP contribution in [0, 0.1) is 0 Å². The first kappa shape index (κ1) is 13.0. The number of allylic oxidation sites excluding steroid dienone is 2. The Balaban J connectivity index is 0.00000121. The van der Waals surface area contributed by atoms with Gasteiger partial charge in [-0.25, -0.2) is 0 Å². The Morgan fingerprint density at radius 2 is 1.67 bits per heavy atom. The fourth-order valence-electron chi connectivity index (χ4n) is 0.773. The Labute approximate surface area is 96.7 Å². The normalized spacial score (nSPS) is 22.1. The van der Waals surface area contributed by atoms with Gasteiger partial charge >= 0.3 is 0 Å². The average molecular weight is 268 g/mol. The highest BCUT2D eigenvalue weighted by Crippen LogP contribution is 2.43. The molecule has 0 fully saturated rings. The molecule has 2 atom stereocenters. The first-order valence-electron chi connectivity index (χ1n) is 3.22. The molecular weight excluding hydrogens is 258 g/mol. The van der Waals surface area contributed by atoms with Gasteiger partial charge in [-0.15, -0.1) is 47.2 Å². The fraction of sp³-hybridized carbons (Fsp3) is 0.429. The van der Waals surface area contributed by atoms with E-state index in [0.29, 0.717) is 5.88 Å². The Morgan fingerprint density at radius 3 is 2.08 bits per heavy atom. The Hall–Kier alpha value is 0.990. The van der Waals surface area contributed by atoms with E-state index in [1.54, 1.807) is 0 Å². The monoisotopic (exact) mass is 266 g/mol. The molecule has 0 saturated carbocycles. The fourth-order valence-corrected chi connectivity index (χ4v) is 3.54. The Kier molecular flexibility index (Phi) is 6.98. The van der Waals surface area contributed by atoms with Crippen LogP contribution in [0.15, 0.2) is 23.0 Å². The minimum absolute atomic E-state index is 0. The van der Waals surface area contributed by atoms with Crippen LogP contribution in [0.3, 0.4) is 0 Å². The highest BCUT2D eigenvalue weighted by Gasteiger charge is 2.20. The summed E-state index contributed by atoms with van der Waals surface area (Å²) in [4.78, 5) is 0.